The van der Waals surface area contributed by atoms with Crippen LogP contribution < -0.4 is 5.32 Å². The van der Waals surface area contributed by atoms with Crippen LogP contribution in [0.1, 0.15) is 20.8 Å². The second-order valence-corrected chi connectivity index (χ2v) is 4.53. The molecule has 3 nitrogen and oxygen atoms in total. The van der Waals surface area contributed by atoms with Crippen LogP contribution in [0.3, 0.4) is 0 Å². The summed E-state index contributed by atoms with van der Waals surface area (Å²) in [5.74, 6) is 1.47. The molecule has 5 heteroatoms. The summed E-state index contributed by atoms with van der Waals surface area (Å²) in [6.07, 6.45) is -0.469. The van der Waals surface area contributed by atoms with Gasteiger partial charge in [-0.15, -0.1) is 0 Å². The van der Waals surface area contributed by atoms with Crippen molar-refractivity contribution in [2.24, 2.45) is 5.92 Å². The third kappa shape index (κ3) is 8.05. The summed E-state index contributed by atoms with van der Waals surface area (Å²) in [6.45, 7) is 6.31. The first-order valence-corrected chi connectivity index (χ1v) is 5.56. The molecule has 0 aliphatic rings. The van der Waals surface area contributed by atoms with Crippen molar-refractivity contribution in [1.29, 1.82) is 0 Å². The van der Waals surface area contributed by atoms with E-state index in [1.165, 1.54) is 11.8 Å². The van der Waals surface area contributed by atoms with Gasteiger partial charge in [-0.05, 0) is 12.8 Å². The number of alkyl carbamates (subject to hydrolysis) is 1. The number of amides is 1. The van der Waals surface area contributed by atoms with Gasteiger partial charge in [-0.3, -0.25) is 5.32 Å². The Labute approximate surface area is 88.6 Å². The summed E-state index contributed by atoms with van der Waals surface area (Å²) in [5, 5.41) is 2.47. The van der Waals surface area contributed by atoms with Gasteiger partial charge in [0, 0.05) is 5.75 Å². The summed E-state index contributed by atoms with van der Waals surface area (Å²) in [6, 6.07) is 0. The van der Waals surface area contributed by atoms with Crippen LogP contribution in [0.25, 0.3) is 0 Å². The molecule has 0 aliphatic heterocycles. The fraction of sp³-hybridized carbons (Fsp3) is 0.750. The predicted octanol–water partition coefficient (Wildman–Crippen LogP) is 2.41. The Morgan fingerprint density at radius 2 is 2.23 bits per heavy atom. The summed E-state index contributed by atoms with van der Waals surface area (Å²) in [7, 11) is 0. The van der Waals surface area contributed by atoms with E-state index >= 15 is 0 Å². The van der Waals surface area contributed by atoms with E-state index in [-0.39, 0.29) is 0 Å². The topological polar surface area (TPSA) is 38.3 Å². The molecule has 13 heavy (non-hydrogen) atoms. The molecule has 0 aliphatic carbocycles. The Bertz CT molecular complexity index is 183. The molecule has 0 aromatic rings. The molecule has 0 spiro atoms. The lowest BCUT2D eigenvalue weighted by Crippen LogP contribution is -2.28. The lowest BCUT2D eigenvalue weighted by molar-refractivity contribution is 0.158. The summed E-state index contributed by atoms with van der Waals surface area (Å²) < 4.78 is 5.15. The average molecular weight is 221 g/mol. The van der Waals surface area contributed by atoms with Gasteiger partial charge in [-0.1, -0.05) is 37.8 Å². The molecular formula is C8H15NO2S2. The maximum Gasteiger partial charge on any atom is 0.412 e. The minimum absolute atomic E-state index is 0.364. The molecule has 0 unspecified atom stereocenters. The highest BCUT2D eigenvalue weighted by Gasteiger charge is 2.05. The molecule has 0 heterocycles. The third-order valence-corrected chi connectivity index (χ3v) is 2.68. The Kier molecular flexibility index (Phi) is 6.99. The molecule has 0 bridgehead atoms. The van der Waals surface area contributed by atoms with Crippen LogP contribution in [0.15, 0.2) is 0 Å². The predicted molar refractivity (Wildman–Crippen MR) is 60.1 cm³/mol. The third-order valence-electron chi connectivity index (χ3n) is 1.03. The summed E-state index contributed by atoms with van der Waals surface area (Å²) >= 11 is 6.37. The number of carbonyl (C=O) groups is 1. The van der Waals surface area contributed by atoms with E-state index in [0.29, 0.717) is 16.8 Å². The van der Waals surface area contributed by atoms with Crippen molar-refractivity contribution < 1.29 is 9.53 Å². The van der Waals surface area contributed by atoms with Crippen LogP contribution in [0, 0.1) is 5.92 Å². The number of thioether (sulfide) groups is 1. The molecular weight excluding hydrogens is 206 g/mol. The van der Waals surface area contributed by atoms with E-state index in [1.54, 1.807) is 6.92 Å². The van der Waals surface area contributed by atoms with Gasteiger partial charge in [0.1, 0.15) is 4.32 Å². The maximum absolute atomic E-state index is 10.9. The zero-order chi connectivity index (χ0) is 10.3. The normalized spacial score (nSPS) is 9.85. The molecule has 1 amide bonds. The molecule has 76 valence electrons. The first kappa shape index (κ1) is 12.7. The monoisotopic (exact) mass is 221 g/mol. The highest BCUT2D eigenvalue weighted by atomic mass is 32.2. The van der Waals surface area contributed by atoms with Crippen molar-refractivity contribution in [1.82, 2.24) is 5.32 Å². The number of hydrogen-bond acceptors (Lipinski definition) is 4. The minimum atomic E-state index is -0.469. The zero-order valence-corrected chi connectivity index (χ0v) is 9.76. The summed E-state index contributed by atoms with van der Waals surface area (Å²) in [5.41, 5.74) is 0. The van der Waals surface area contributed by atoms with Crippen LogP contribution in [0.2, 0.25) is 0 Å². The second-order valence-electron chi connectivity index (χ2n) is 2.84. The average Bonchev–Trinajstić information content (AvgIpc) is 2.01. The van der Waals surface area contributed by atoms with Gasteiger partial charge in [0.05, 0.1) is 6.61 Å². The highest BCUT2D eigenvalue weighted by molar-refractivity contribution is 8.23. The molecule has 0 radical (unpaired) electrons. The number of hydrogen-bond donors (Lipinski definition) is 1. The SMILES string of the molecule is CCOC(=O)NC(=S)SCC(C)C. The number of thiocarbonyl (C=S) groups is 1. The Hall–Kier alpha value is -0.290. The van der Waals surface area contributed by atoms with E-state index in [9.17, 15) is 4.79 Å². The van der Waals surface area contributed by atoms with Crippen LogP contribution in [0.4, 0.5) is 4.79 Å². The van der Waals surface area contributed by atoms with E-state index in [1.807, 2.05) is 0 Å². The lowest BCUT2D eigenvalue weighted by atomic mass is 10.3. The van der Waals surface area contributed by atoms with Gasteiger partial charge in [0.15, 0.2) is 0 Å². The van der Waals surface area contributed by atoms with Crippen molar-refractivity contribution in [3.63, 3.8) is 0 Å². The molecule has 0 atom stereocenters. The van der Waals surface area contributed by atoms with Gasteiger partial charge in [0.2, 0.25) is 0 Å². The molecule has 0 aromatic carbocycles. The first-order chi connectivity index (χ1) is 6.06. The molecule has 0 fully saturated rings. The lowest BCUT2D eigenvalue weighted by Gasteiger charge is -2.07. The van der Waals surface area contributed by atoms with Crippen LogP contribution in [-0.2, 0) is 4.74 Å². The van der Waals surface area contributed by atoms with Crippen molar-refractivity contribution in [3.8, 4) is 0 Å². The fourth-order valence-corrected chi connectivity index (χ4v) is 1.46. The zero-order valence-electron chi connectivity index (χ0n) is 8.12. The van der Waals surface area contributed by atoms with E-state index in [0.717, 1.165) is 5.75 Å². The van der Waals surface area contributed by atoms with Crippen LogP contribution in [0.5, 0.6) is 0 Å². The van der Waals surface area contributed by atoms with E-state index < -0.39 is 6.09 Å². The van der Waals surface area contributed by atoms with Crippen LogP contribution in [-0.4, -0.2) is 22.8 Å². The quantitative estimate of drug-likeness (QED) is 0.743. The Morgan fingerprint density at radius 3 is 2.69 bits per heavy atom. The number of nitrogens with one attached hydrogen (secondary N) is 1. The standard InChI is InChI=1S/C8H15NO2S2/c1-4-11-7(10)9-8(12)13-5-6(2)3/h6H,4-5H2,1-3H3,(H,9,10,12). The Morgan fingerprint density at radius 1 is 1.62 bits per heavy atom. The van der Waals surface area contributed by atoms with E-state index in [2.05, 4.69) is 23.9 Å². The van der Waals surface area contributed by atoms with Crippen molar-refractivity contribution >= 4 is 34.4 Å². The van der Waals surface area contributed by atoms with Gasteiger partial charge in [-0.2, -0.15) is 0 Å². The number of carbonyl (C=O) groups excluding carboxylic acids is 1. The minimum Gasteiger partial charge on any atom is -0.450 e. The van der Waals surface area contributed by atoms with Gasteiger partial charge in [0.25, 0.3) is 0 Å². The highest BCUT2D eigenvalue weighted by Crippen LogP contribution is 2.08. The largest absolute Gasteiger partial charge is 0.450 e. The van der Waals surface area contributed by atoms with Crippen molar-refractivity contribution in [2.45, 2.75) is 20.8 Å². The van der Waals surface area contributed by atoms with Gasteiger partial charge < -0.3 is 4.74 Å². The molecule has 0 saturated carbocycles. The first-order valence-electron chi connectivity index (χ1n) is 4.16. The van der Waals surface area contributed by atoms with Gasteiger partial charge >= 0.3 is 6.09 Å². The molecule has 0 rings (SSSR count). The van der Waals surface area contributed by atoms with E-state index in [4.69, 9.17) is 12.2 Å². The second kappa shape index (κ2) is 7.15. The molecule has 0 saturated heterocycles. The maximum atomic E-state index is 10.9. The number of rotatable bonds is 3. The van der Waals surface area contributed by atoms with Crippen molar-refractivity contribution in [3.05, 3.63) is 0 Å². The number of ether oxygens (including phenoxy) is 1. The fourth-order valence-electron chi connectivity index (χ4n) is 0.529. The molecule has 0 aromatic heterocycles. The summed E-state index contributed by atoms with van der Waals surface area (Å²) in [4.78, 5) is 10.9. The Balaban J connectivity index is 3.56. The van der Waals surface area contributed by atoms with Crippen molar-refractivity contribution in [2.75, 3.05) is 12.4 Å². The smallest absolute Gasteiger partial charge is 0.412 e. The van der Waals surface area contributed by atoms with Crippen LogP contribution >= 0.6 is 24.0 Å². The van der Waals surface area contributed by atoms with Gasteiger partial charge in [-0.25, -0.2) is 4.79 Å². The molecule has 1 N–H and O–H groups in total.